The number of amides is 3. The Morgan fingerprint density at radius 1 is 1.09 bits per heavy atom. The first-order valence-electron chi connectivity index (χ1n) is 9.92. The van der Waals surface area contributed by atoms with Crippen LogP contribution in [0.15, 0.2) is 53.7 Å². The molecule has 1 unspecified atom stereocenters. The molecule has 32 heavy (non-hydrogen) atoms. The number of hydrogen-bond donors (Lipinski definition) is 3. The number of nitrogens with one attached hydrogen (secondary N) is 3. The third kappa shape index (κ3) is 5.73. The van der Waals surface area contributed by atoms with Gasteiger partial charge in [-0.05, 0) is 31.5 Å². The van der Waals surface area contributed by atoms with E-state index >= 15 is 0 Å². The van der Waals surface area contributed by atoms with Crippen LogP contribution in [0.2, 0.25) is 0 Å². The van der Waals surface area contributed by atoms with Crippen LogP contribution in [0.3, 0.4) is 0 Å². The van der Waals surface area contributed by atoms with E-state index in [0.29, 0.717) is 10.4 Å². The molecule has 10 heteroatoms. The van der Waals surface area contributed by atoms with Gasteiger partial charge in [0.05, 0.1) is 28.8 Å². The lowest BCUT2D eigenvalue weighted by Gasteiger charge is -2.29. The second-order valence-electron chi connectivity index (χ2n) is 6.81. The molecule has 1 atom stereocenters. The Hall–Kier alpha value is -3.66. The molecule has 1 aromatic carbocycles. The second-order valence-corrected chi connectivity index (χ2v) is 8.10. The first-order valence-corrected chi connectivity index (χ1v) is 10.7. The van der Waals surface area contributed by atoms with Crippen LogP contribution in [-0.2, 0) is 19.1 Å². The molecule has 0 radical (unpaired) electrons. The van der Waals surface area contributed by atoms with E-state index in [1.54, 1.807) is 37.3 Å². The topological polar surface area (TPSA) is 123 Å². The molecule has 2 aromatic rings. The molecule has 168 valence electrons. The van der Waals surface area contributed by atoms with E-state index in [1.807, 2.05) is 19.1 Å². The number of benzene rings is 1. The van der Waals surface area contributed by atoms with Crippen molar-refractivity contribution in [3.8, 4) is 0 Å². The lowest BCUT2D eigenvalue weighted by Crippen LogP contribution is -2.47. The van der Waals surface area contributed by atoms with Crippen LogP contribution < -0.4 is 16.0 Å². The van der Waals surface area contributed by atoms with Crippen molar-refractivity contribution in [2.45, 2.75) is 19.9 Å². The highest BCUT2D eigenvalue weighted by atomic mass is 32.1. The van der Waals surface area contributed by atoms with E-state index in [-0.39, 0.29) is 36.9 Å². The van der Waals surface area contributed by atoms with E-state index < -0.39 is 24.0 Å². The number of thiophene rings is 1. The summed E-state index contributed by atoms with van der Waals surface area (Å²) in [6, 6.07) is 11.1. The standard InChI is InChI=1S/C22H23N3O6S/c1-3-30-21(28)18-15(24-22(29)25-19(18)14-7-5-4-6-8-14)12-31-17(26)11-23-20(27)16-10-9-13(2)32-16/h4-10,19H,3,11-12H2,1-2H3,(H,23,27)(H2,24,25,29). The Labute approximate surface area is 188 Å². The summed E-state index contributed by atoms with van der Waals surface area (Å²) < 4.78 is 10.4. The lowest BCUT2D eigenvalue weighted by atomic mass is 9.95. The van der Waals surface area contributed by atoms with Gasteiger partial charge >= 0.3 is 18.0 Å². The zero-order valence-corrected chi connectivity index (χ0v) is 18.4. The van der Waals surface area contributed by atoms with Crippen molar-refractivity contribution in [1.29, 1.82) is 0 Å². The highest BCUT2D eigenvalue weighted by Gasteiger charge is 2.34. The van der Waals surface area contributed by atoms with Gasteiger partial charge in [-0.25, -0.2) is 9.59 Å². The quantitative estimate of drug-likeness (QED) is 0.523. The van der Waals surface area contributed by atoms with E-state index in [4.69, 9.17) is 9.47 Å². The Morgan fingerprint density at radius 3 is 2.50 bits per heavy atom. The molecule has 0 aliphatic carbocycles. The summed E-state index contributed by atoms with van der Waals surface area (Å²) in [7, 11) is 0. The number of ether oxygens (including phenoxy) is 2. The van der Waals surface area contributed by atoms with Gasteiger partial charge < -0.3 is 25.4 Å². The third-order valence-electron chi connectivity index (χ3n) is 4.52. The number of rotatable bonds is 8. The summed E-state index contributed by atoms with van der Waals surface area (Å²) in [4.78, 5) is 50.6. The van der Waals surface area contributed by atoms with Gasteiger partial charge in [-0.1, -0.05) is 30.3 Å². The third-order valence-corrected chi connectivity index (χ3v) is 5.52. The highest BCUT2D eigenvalue weighted by Crippen LogP contribution is 2.27. The lowest BCUT2D eigenvalue weighted by molar-refractivity contribution is -0.142. The monoisotopic (exact) mass is 457 g/mol. The summed E-state index contributed by atoms with van der Waals surface area (Å²) in [6.07, 6.45) is 0. The zero-order chi connectivity index (χ0) is 23.1. The van der Waals surface area contributed by atoms with Gasteiger partial charge in [0.25, 0.3) is 5.91 Å². The molecule has 0 saturated heterocycles. The van der Waals surface area contributed by atoms with E-state index in [2.05, 4.69) is 16.0 Å². The maximum absolute atomic E-state index is 12.6. The molecule has 2 heterocycles. The summed E-state index contributed by atoms with van der Waals surface area (Å²) in [5, 5.41) is 7.70. The van der Waals surface area contributed by atoms with Crippen molar-refractivity contribution in [3.63, 3.8) is 0 Å². The average Bonchev–Trinajstić information content (AvgIpc) is 3.22. The van der Waals surface area contributed by atoms with Gasteiger partial charge in [-0.15, -0.1) is 11.3 Å². The molecular weight excluding hydrogens is 434 g/mol. The average molecular weight is 458 g/mol. The highest BCUT2D eigenvalue weighted by molar-refractivity contribution is 7.13. The number of carbonyl (C=O) groups is 4. The first-order chi connectivity index (χ1) is 15.4. The SMILES string of the molecule is CCOC(=O)C1=C(COC(=O)CNC(=O)c2ccc(C)s2)NC(=O)NC1c1ccccc1. The molecular formula is C22H23N3O6S. The number of aryl methyl sites for hydroxylation is 1. The smallest absolute Gasteiger partial charge is 0.338 e. The Bertz CT molecular complexity index is 1050. The van der Waals surface area contributed by atoms with Gasteiger partial charge in [-0.2, -0.15) is 0 Å². The molecule has 1 aromatic heterocycles. The van der Waals surface area contributed by atoms with Gasteiger partial charge in [0.2, 0.25) is 0 Å². The van der Waals surface area contributed by atoms with Crippen molar-refractivity contribution in [2.75, 3.05) is 19.8 Å². The molecule has 9 nitrogen and oxygen atoms in total. The normalized spacial score (nSPS) is 15.4. The van der Waals surface area contributed by atoms with Crippen LogP contribution in [0.5, 0.6) is 0 Å². The van der Waals surface area contributed by atoms with Crippen LogP contribution in [0.25, 0.3) is 0 Å². The predicted octanol–water partition coefficient (Wildman–Crippen LogP) is 2.20. The largest absolute Gasteiger partial charge is 0.463 e. The summed E-state index contributed by atoms with van der Waals surface area (Å²) >= 11 is 1.31. The van der Waals surface area contributed by atoms with Crippen LogP contribution in [0, 0.1) is 6.92 Å². The maximum atomic E-state index is 12.6. The van der Waals surface area contributed by atoms with E-state index in [1.165, 1.54) is 11.3 Å². The van der Waals surface area contributed by atoms with Crippen molar-refractivity contribution in [3.05, 3.63) is 69.1 Å². The van der Waals surface area contributed by atoms with Gasteiger partial charge in [-0.3, -0.25) is 9.59 Å². The summed E-state index contributed by atoms with van der Waals surface area (Å²) in [6.45, 7) is 2.96. The second kappa shape index (κ2) is 10.6. The van der Waals surface area contributed by atoms with Crippen molar-refractivity contribution in [2.24, 2.45) is 0 Å². The summed E-state index contributed by atoms with van der Waals surface area (Å²) in [5.41, 5.74) is 0.936. The molecule has 1 aliphatic rings. The molecule has 0 saturated carbocycles. The fraction of sp³-hybridized carbons (Fsp3) is 0.273. The van der Waals surface area contributed by atoms with Crippen molar-refractivity contribution < 1.29 is 28.7 Å². The summed E-state index contributed by atoms with van der Waals surface area (Å²) in [5.74, 6) is -1.74. The Kier molecular flexibility index (Phi) is 7.61. The Morgan fingerprint density at radius 2 is 1.84 bits per heavy atom. The maximum Gasteiger partial charge on any atom is 0.338 e. The van der Waals surface area contributed by atoms with Crippen molar-refractivity contribution in [1.82, 2.24) is 16.0 Å². The number of esters is 2. The number of hydrogen-bond acceptors (Lipinski definition) is 7. The fourth-order valence-electron chi connectivity index (χ4n) is 3.08. The van der Waals surface area contributed by atoms with E-state index in [0.717, 1.165) is 4.88 Å². The molecule has 0 bridgehead atoms. The predicted molar refractivity (Wildman–Crippen MR) is 117 cm³/mol. The molecule has 1 aliphatic heterocycles. The minimum absolute atomic E-state index is 0.120. The van der Waals surface area contributed by atoms with Crippen LogP contribution in [0.4, 0.5) is 4.79 Å². The molecule has 3 rings (SSSR count). The van der Waals surface area contributed by atoms with Crippen LogP contribution >= 0.6 is 11.3 Å². The zero-order valence-electron chi connectivity index (χ0n) is 17.6. The fourth-order valence-corrected chi connectivity index (χ4v) is 3.86. The number of urea groups is 1. The van der Waals surface area contributed by atoms with Crippen LogP contribution in [0.1, 0.15) is 33.1 Å². The molecule has 3 N–H and O–H groups in total. The minimum atomic E-state index is -0.764. The van der Waals surface area contributed by atoms with Crippen LogP contribution in [-0.4, -0.2) is 43.6 Å². The molecule has 3 amide bonds. The van der Waals surface area contributed by atoms with Crippen molar-refractivity contribution >= 4 is 35.2 Å². The van der Waals surface area contributed by atoms with Gasteiger partial charge in [0.15, 0.2) is 0 Å². The van der Waals surface area contributed by atoms with E-state index in [9.17, 15) is 19.2 Å². The van der Waals surface area contributed by atoms with Gasteiger partial charge in [0.1, 0.15) is 13.2 Å². The minimum Gasteiger partial charge on any atom is -0.463 e. The number of carbonyl (C=O) groups excluding carboxylic acids is 4. The molecule has 0 fully saturated rings. The van der Waals surface area contributed by atoms with Gasteiger partial charge in [0, 0.05) is 4.88 Å². The Balaban J connectivity index is 1.71. The molecule has 0 spiro atoms. The first kappa shape index (κ1) is 23.0.